The number of nitrogens with two attached hydrogens (primary N) is 1. The van der Waals surface area contributed by atoms with Crippen LogP contribution in [0.1, 0.15) is 6.42 Å². The molecule has 1 atom stereocenters. The van der Waals surface area contributed by atoms with E-state index in [0.717, 1.165) is 19.5 Å². The van der Waals surface area contributed by atoms with Gasteiger partial charge in [-0.3, -0.25) is 4.99 Å². The zero-order chi connectivity index (χ0) is 5.82. The van der Waals surface area contributed by atoms with Gasteiger partial charge in [0.25, 0.3) is 0 Å². The van der Waals surface area contributed by atoms with Crippen LogP contribution in [0.25, 0.3) is 0 Å². The second-order valence-electron chi connectivity index (χ2n) is 1.94. The fourth-order valence-corrected chi connectivity index (χ4v) is 0.888. The van der Waals surface area contributed by atoms with Gasteiger partial charge in [-0.25, -0.2) is 0 Å². The van der Waals surface area contributed by atoms with Crippen LogP contribution in [0.3, 0.4) is 0 Å². The summed E-state index contributed by atoms with van der Waals surface area (Å²) in [7, 11) is 0. The molecule has 0 spiro atoms. The molecule has 3 N–H and O–H groups in total. The van der Waals surface area contributed by atoms with Gasteiger partial charge in [0, 0.05) is 6.54 Å². The Kier molecular flexibility index (Phi) is 1.86. The summed E-state index contributed by atoms with van der Waals surface area (Å²) in [6.45, 7) is 2.08. The Labute approximate surface area is 49.0 Å². The van der Waals surface area contributed by atoms with Gasteiger partial charge in [-0.05, 0) is 13.0 Å². The Hall–Kier alpha value is -0.570. The lowest BCUT2D eigenvalue weighted by Crippen LogP contribution is -2.11. The van der Waals surface area contributed by atoms with Crippen LogP contribution in [0, 0.1) is 0 Å². The Morgan fingerprint density at radius 1 is 1.75 bits per heavy atom. The first-order valence-electron chi connectivity index (χ1n) is 2.87. The molecule has 0 aromatic carbocycles. The summed E-state index contributed by atoms with van der Waals surface area (Å²) in [6.07, 6.45) is 2.52. The van der Waals surface area contributed by atoms with Crippen molar-refractivity contribution in [2.24, 2.45) is 10.7 Å². The van der Waals surface area contributed by atoms with E-state index < -0.39 is 0 Å². The predicted molar refractivity (Wildman–Crippen MR) is 34.0 cm³/mol. The molecule has 3 nitrogen and oxygen atoms in total. The lowest BCUT2D eigenvalue weighted by atomic mass is 10.3. The highest BCUT2D eigenvalue weighted by Gasteiger charge is 2.10. The summed E-state index contributed by atoms with van der Waals surface area (Å²) in [5.41, 5.74) is 5.09. The van der Waals surface area contributed by atoms with Crippen LogP contribution in [0.15, 0.2) is 4.99 Å². The lowest BCUT2D eigenvalue weighted by molar-refractivity contribution is 0.747. The van der Waals surface area contributed by atoms with Crippen molar-refractivity contribution < 1.29 is 0 Å². The maximum absolute atomic E-state index is 5.09. The van der Waals surface area contributed by atoms with Crippen molar-refractivity contribution in [3.63, 3.8) is 0 Å². The monoisotopic (exact) mass is 113 g/mol. The van der Waals surface area contributed by atoms with E-state index in [1.165, 1.54) is 6.34 Å². The topological polar surface area (TPSA) is 50.4 Å². The number of aliphatic imine (C=N–C) groups is 1. The number of nitrogens with zero attached hydrogens (tertiary/aromatic N) is 1. The Balaban J connectivity index is 2.24. The largest absolute Gasteiger partial charge is 0.390 e. The molecule has 0 radical (unpaired) electrons. The van der Waals surface area contributed by atoms with Crippen LogP contribution < -0.4 is 11.1 Å². The van der Waals surface area contributed by atoms with Crippen molar-refractivity contribution in [1.29, 1.82) is 0 Å². The third-order valence-electron chi connectivity index (χ3n) is 1.33. The van der Waals surface area contributed by atoms with Crippen molar-refractivity contribution in [3.8, 4) is 0 Å². The highest BCUT2D eigenvalue weighted by Crippen LogP contribution is 1.99. The third kappa shape index (κ3) is 1.20. The molecule has 3 heteroatoms. The van der Waals surface area contributed by atoms with Gasteiger partial charge < -0.3 is 11.1 Å². The number of hydrogen-bond donors (Lipinski definition) is 2. The molecule has 1 aliphatic rings. The van der Waals surface area contributed by atoms with Crippen molar-refractivity contribution in [1.82, 2.24) is 5.32 Å². The first-order chi connectivity index (χ1) is 3.93. The number of nitrogens with one attached hydrogen (secondary N) is 1. The van der Waals surface area contributed by atoms with Crippen molar-refractivity contribution >= 4 is 6.34 Å². The minimum atomic E-state index is 0.444. The van der Waals surface area contributed by atoms with Gasteiger partial charge in [0.2, 0.25) is 0 Å². The van der Waals surface area contributed by atoms with Crippen LogP contribution in [0.5, 0.6) is 0 Å². The van der Waals surface area contributed by atoms with Gasteiger partial charge in [0.1, 0.15) is 0 Å². The van der Waals surface area contributed by atoms with Crippen LogP contribution in [-0.4, -0.2) is 25.5 Å². The third-order valence-corrected chi connectivity index (χ3v) is 1.33. The van der Waals surface area contributed by atoms with Gasteiger partial charge in [0.05, 0.1) is 12.4 Å². The van der Waals surface area contributed by atoms with Crippen LogP contribution >= 0.6 is 0 Å². The zero-order valence-corrected chi connectivity index (χ0v) is 4.80. The second-order valence-corrected chi connectivity index (χ2v) is 1.94. The number of rotatable bonds is 1. The maximum Gasteiger partial charge on any atom is 0.0801 e. The minimum absolute atomic E-state index is 0.444. The molecule has 1 aliphatic heterocycles. The van der Waals surface area contributed by atoms with Gasteiger partial charge in [0.15, 0.2) is 0 Å². The summed E-state index contributed by atoms with van der Waals surface area (Å²) in [5.74, 6) is 0. The molecular formula is C5H11N3. The fourth-order valence-electron chi connectivity index (χ4n) is 0.888. The molecule has 46 valence electrons. The summed E-state index contributed by atoms with van der Waals surface area (Å²) >= 11 is 0. The van der Waals surface area contributed by atoms with Crippen molar-refractivity contribution in [2.75, 3.05) is 13.1 Å². The predicted octanol–water partition coefficient (Wildman–Crippen LogP) is -0.665. The highest BCUT2D eigenvalue weighted by molar-refractivity contribution is 5.51. The minimum Gasteiger partial charge on any atom is -0.390 e. The van der Waals surface area contributed by atoms with Gasteiger partial charge >= 0.3 is 0 Å². The highest BCUT2D eigenvalue weighted by atomic mass is 15.0. The molecule has 0 saturated carbocycles. The van der Waals surface area contributed by atoms with E-state index in [1.807, 2.05) is 0 Å². The van der Waals surface area contributed by atoms with Crippen LogP contribution in [0.2, 0.25) is 0 Å². The average Bonchev–Trinajstić information content (AvgIpc) is 2.19. The molecule has 0 amide bonds. The molecule has 0 aliphatic carbocycles. The SMILES string of the molecule is NC=NC1CCNC1. The maximum atomic E-state index is 5.09. The molecule has 0 aromatic rings. The van der Waals surface area contributed by atoms with Gasteiger partial charge in [-0.1, -0.05) is 0 Å². The molecule has 1 rings (SSSR count). The molecule has 1 fully saturated rings. The fraction of sp³-hybridized carbons (Fsp3) is 0.800. The first-order valence-corrected chi connectivity index (χ1v) is 2.87. The van der Waals surface area contributed by atoms with Gasteiger partial charge in [-0.15, -0.1) is 0 Å². The van der Waals surface area contributed by atoms with Crippen LogP contribution in [-0.2, 0) is 0 Å². The molecule has 0 aromatic heterocycles. The molecule has 1 heterocycles. The lowest BCUT2D eigenvalue weighted by Gasteiger charge is -1.95. The average molecular weight is 113 g/mol. The van der Waals surface area contributed by atoms with E-state index in [0.29, 0.717) is 6.04 Å². The van der Waals surface area contributed by atoms with E-state index >= 15 is 0 Å². The summed E-state index contributed by atoms with van der Waals surface area (Å²) < 4.78 is 0. The number of hydrogen-bond acceptors (Lipinski definition) is 2. The molecule has 8 heavy (non-hydrogen) atoms. The summed E-state index contributed by atoms with van der Waals surface area (Å²) in [5, 5.41) is 3.19. The summed E-state index contributed by atoms with van der Waals surface area (Å²) in [4.78, 5) is 4.01. The van der Waals surface area contributed by atoms with Crippen molar-refractivity contribution in [2.45, 2.75) is 12.5 Å². The van der Waals surface area contributed by atoms with E-state index in [-0.39, 0.29) is 0 Å². The Morgan fingerprint density at radius 2 is 2.62 bits per heavy atom. The molecule has 0 bridgehead atoms. The molecule has 1 unspecified atom stereocenters. The van der Waals surface area contributed by atoms with E-state index in [9.17, 15) is 0 Å². The zero-order valence-electron chi connectivity index (χ0n) is 4.80. The van der Waals surface area contributed by atoms with Gasteiger partial charge in [-0.2, -0.15) is 0 Å². The Morgan fingerprint density at radius 3 is 3.12 bits per heavy atom. The smallest absolute Gasteiger partial charge is 0.0801 e. The van der Waals surface area contributed by atoms with E-state index in [1.54, 1.807) is 0 Å². The standard InChI is InChI=1S/C5H11N3/c6-4-8-5-1-2-7-3-5/h4-5,7H,1-3H2,(H2,6,8). The summed E-state index contributed by atoms with van der Waals surface area (Å²) in [6, 6.07) is 0.444. The first kappa shape index (κ1) is 5.56. The molecule has 1 saturated heterocycles. The second kappa shape index (κ2) is 2.67. The van der Waals surface area contributed by atoms with Crippen LogP contribution in [0.4, 0.5) is 0 Å². The van der Waals surface area contributed by atoms with E-state index in [2.05, 4.69) is 10.3 Å². The normalized spacial score (nSPS) is 29.8. The molecular weight excluding hydrogens is 102 g/mol. The Bertz CT molecular complexity index is 83.7. The van der Waals surface area contributed by atoms with E-state index in [4.69, 9.17) is 5.73 Å². The quantitative estimate of drug-likeness (QED) is 0.350. The van der Waals surface area contributed by atoms with Crippen molar-refractivity contribution in [3.05, 3.63) is 0 Å².